The van der Waals surface area contributed by atoms with Crippen LogP contribution >= 0.6 is 0 Å². The zero-order valence-corrected chi connectivity index (χ0v) is 10.1. The van der Waals surface area contributed by atoms with Gasteiger partial charge in [0.05, 0.1) is 25.4 Å². The molecule has 16 heavy (non-hydrogen) atoms. The predicted octanol–water partition coefficient (Wildman–Crippen LogP) is 2.67. The van der Waals surface area contributed by atoms with E-state index in [1.807, 2.05) is 6.07 Å². The van der Waals surface area contributed by atoms with Crippen molar-refractivity contribution < 1.29 is 9.47 Å². The minimum Gasteiger partial charge on any atom is -0.376 e. The first-order valence-electron chi connectivity index (χ1n) is 5.98. The van der Waals surface area contributed by atoms with E-state index in [0.717, 1.165) is 13.0 Å². The first kappa shape index (κ1) is 11.6. The van der Waals surface area contributed by atoms with E-state index in [1.54, 1.807) is 0 Å². The second-order valence-electron chi connectivity index (χ2n) is 4.78. The molecule has 88 valence electrons. The van der Waals surface area contributed by atoms with Crippen molar-refractivity contribution in [2.24, 2.45) is 5.92 Å². The molecule has 1 aliphatic rings. The highest BCUT2D eigenvalue weighted by Crippen LogP contribution is 2.29. The van der Waals surface area contributed by atoms with Gasteiger partial charge in [-0.25, -0.2) is 0 Å². The number of hydrogen-bond acceptors (Lipinski definition) is 2. The van der Waals surface area contributed by atoms with Crippen molar-refractivity contribution in [3.8, 4) is 0 Å². The highest BCUT2D eigenvalue weighted by Gasteiger charge is 2.37. The SMILES string of the molecule is CC(C)C1(Cc2ccccc2)COCCO1. The van der Waals surface area contributed by atoms with Gasteiger partial charge in [0.2, 0.25) is 0 Å². The maximum absolute atomic E-state index is 6.01. The van der Waals surface area contributed by atoms with Gasteiger partial charge in [0.25, 0.3) is 0 Å². The molecule has 0 aliphatic carbocycles. The molecule has 0 spiro atoms. The largest absolute Gasteiger partial charge is 0.376 e. The first-order chi connectivity index (χ1) is 7.73. The van der Waals surface area contributed by atoms with Gasteiger partial charge < -0.3 is 9.47 Å². The molecule has 1 heterocycles. The molecule has 0 bridgehead atoms. The molecule has 2 heteroatoms. The first-order valence-corrected chi connectivity index (χ1v) is 5.98. The monoisotopic (exact) mass is 220 g/mol. The van der Waals surface area contributed by atoms with Crippen molar-refractivity contribution in [2.45, 2.75) is 25.9 Å². The van der Waals surface area contributed by atoms with E-state index in [0.29, 0.717) is 19.1 Å². The van der Waals surface area contributed by atoms with Crippen molar-refractivity contribution in [1.82, 2.24) is 0 Å². The maximum Gasteiger partial charge on any atom is 0.0978 e. The molecule has 1 aromatic carbocycles. The van der Waals surface area contributed by atoms with Crippen molar-refractivity contribution in [3.63, 3.8) is 0 Å². The Balaban J connectivity index is 2.14. The molecule has 0 saturated carbocycles. The summed E-state index contributed by atoms with van der Waals surface area (Å²) in [6, 6.07) is 10.5. The van der Waals surface area contributed by atoms with Crippen LogP contribution in [0.5, 0.6) is 0 Å². The van der Waals surface area contributed by atoms with Gasteiger partial charge in [-0.05, 0) is 11.5 Å². The second-order valence-corrected chi connectivity index (χ2v) is 4.78. The molecular formula is C14H20O2. The highest BCUT2D eigenvalue weighted by atomic mass is 16.6. The number of rotatable bonds is 3. The molecule has 0 N–H and O–H groups in total. The van der Waals surface area contributed by atoms with Crippen LogP contribution in [-0.2, 0) is 15.9 Å². The van der Waals surface area contributed by atoms with Crippen molar-refractivity contribution in [2.75, 3.05) is 19.8 Å². The van der Waals surface area contributed by atoms with Crippen LogP contribution < -0.4 is 0 Å². The number of ether oxygens (including phenoxy) is 2. The van der Waals surface area contributed by atoms with Gasteiger partial charge in [0.15, 0.2) is 0 Å². The fourth-order valence-electron chi connectivity index (χ4n) is 2.17. The fourth-order valence-corrected chi connectivity index (χ4v) is 2.17. The van der Waals surface area contributed by atoms with Crippen LogP contribution in [0.2, 0.25) is 0 Å². The van der Waals surface area contributed by atoms with Gasteiger partial charge >= 0.3 is 0 Å². The summed E-state index contributed by atoms with van der Waals surface area (Å²) in [5.41, 5.74) is 1.18. The van der Waals surface area contributed by atoms with E-state index in [-0.39, 0.29) is 5.60 Å². The highest BCUT2D eigenvalue weighted by molar-refractivity contribution is 5.17. The summed E-state index contributed by atoms with van der Waals surface area (Å²) in [5.74, 6) is 0.466. The summed E-state index contributed by atoms with van der Waals surface area (Å²) in [5, 5.41) is 0. The van der Waals surface area contributed by atoms with E-state index < -0.39 is 0 Å². The average molecular weight is 220 g/mol. The lowest BCUT2D eigenvalue weighted by molar-refractivity contribution is -0.177. The summed E-state index contributed by atoms with van der Waals surface area (Å²) < 4.78 is 11.6. The zero-order chi connectivity index (χ0) is 11.4. The van der Waals surface area contributed by atoms with E-state index in [4.69, 9.17) is 9.47 Å². The smallest absolute Gasteiger partial charge is 0.0978 e. The Morgan fingerprint density at radius 2 is 1.94 bits per heavy atom. The molecule has 1 unspecified atom stereocenters. The van der Waals surface area contributed by atoms with Crippen molar-refractivity contribution in [3.05, 3.63) is 35.9 Å². The van der Waals surface area contributed by atoms with Gasteiger partial charge in [-0.15, -0.1) is 0 Å². The van der Waals surface area contributed by atoms with Gasteiger partial charge in [-0.2, -0.15) is 0 Å². The summed E-state index contributed by atoms with van der Waals surface area (Å²) in [6.45, 7) is 6.56. The molecular weight excluding hydrogens is 200 g/mol. The second kappa shape index (κ2) is 4.98. The summed E-state index contributed by atoms with van der Waals surface area (Å²) in [6.07, 6.45) is 0.936. The molecule has 1 aliphatic heterocycles. The van der Waals surface area contributed by atoms with E-state index in [1.165, 1.54) is 5.56 Å². The van der Waals surface area contributed by atoms with Gasteiger partial charge in [0, 0.05) is 6.42 Å². The van der Waals surface area contributed by atoms with Crippen LogP contribution in [0.25, 0.3) is 0 Å². The third-order valence-electron chi connectivity index (χ3n) is 3.36. The average Bonchev–Trinajstić information content (AvgIpc) is 2.31. The van der Waals surface area contributed by atoms with E-state index >= 15 is 0 Å². The van der Waals surface area contributed by atoms with Gasteiger partial charge in [-0.3, -0.25) is 0 Å². The number of hydrogen-bond donors (Lipinski definition) is 0. The van der Waals surface area contributed by atoms with Crippen LogP contribution in [0.3, 0.4) is 0 Å². The van der Waals surface area contributed by atoms with E-state index in [9.17, 15) is 0 Å². The van der Waals surface area contributed by atoms with Crippen LogP contribution in [0.15, 0.2) is 30.3 Å². The quantitative estimate of drug-likeness (QED) is 0.779. The van der Waals surface area contributed by atoms with Crippen molar-refractivity contribution >= 4 is 0 Å². The van der Waals surface area contributed by atoms with Crippen LogP contribution in [0.4, 0.5) is 0 Å². The summed E-state index contributed by atoms with van der Waals surface area (Å²) in [7, 11) is 0. The Labute approximate surface area is 97.6 Å². The minimum atomic E-state index is -0.139. The molecule has 2 nitrogen and oxygen atoms in total. The lowest BCUT2D eigenvalue weighted by Gasteiger charge is -2.40. The third-order valence-corrected chi connectivity index (χ3v) is 3.36. The lowest BCUT2D eigenvalue weighted by Crippen LogP contribution is -2.49. The normalized spacial score (nSPS) is 25.9. The fraction of sp³-hybridized carbons (Fsp3) is 0.571. The molecule has 0 amide bonds. The standard InChI is InChI=1S/C14H20O2/c1-12(2)14(11-15-8-9-16-14)10-13-6-4-3-5-7-13/h3-7,12H,8-11H2,1-2H3. The van der Waals surface area contributed by atoms with Gasteiger partial charge in [-0.1, -0.05) is 44.2 Å². The predicted molar refractivity (Wildman–Crippen MR) is 64.5 cm³/mol. The molecule has 0 radical (unpaired) electrons. The lowest BCUT2D eigenvalue weighted by atomic mass is 9.84. The topological polar surface area (TPSA) is 18.5 Å². The Morgan fingerprint density at radius 1 is 1.19 bits per heavy atom. The Hall–Kier alpha value is -0.860. The zero-order valence-electron chi connectivity index (χ0n) is 10.1. The molecule has 1 atom stereocenters. The van der Waals surface area contributed by atoms with Crippen LogP contribution in [-0.4, -0.2) is 25.4 Å². The van der Waals surface area contributed by atoms with E-state index in [2.05, 4.69) is 38.1 Å². The number of benzene rings is 1. The van der Waals surface area contributed by atoms with Gasteiger partial charge in [0.1, 0.15) is 0 Å². The maximum atomic E-state index is 6.01. The molecule has 1 fully saturated rings. The summed E-state index contributed by atoms with van der Waals surface area (Å²) in [4.78, 5) is 0. The summed E-state index contributed by atoms with van der Waals surface area (Å²) >= 11 is 0. The minimum absolute atomic E-state index is 0.139. The Kier molecular flexibility index (Phi) is 3.62. The molecule has 1 aromatic rings. The Morgan fingerprint density at radius 3 is 2.50 bits per heavy atom. The van der Waals surface area contributed by atoms with Crippen LogP contribution in [0, 0.1) is 5.92 Å². The Bertz CT molecular complexity index is 313. The third kappa shape index (κ3) is 2.45. The molecule has 0 aromatic heterocycles. The molecule has 2 rings (SSSR count). The molecule has 1 saturated heterocycles. The van der Waals surface area contributed by atoms with Crippen molar-refractivity contribution in [1.29, 1.82) is 0 Å². The van der Waals surface area contributed by atoms with Crippen LogP contribution in [0.1, 0.15) is 19.4 Å².